The summed E-state index contributed by atoms with van der Waals surface area (Å²) in [5, 5.41) is 2.38. The van der Waals surface area contributed by atoms with Gasteiger partial charge < -0.3 is 14.8 Å². The van der Waals surface area contributed by atoms with E-state index in [9.17, 15) is 14.4 Å². The fourth-order valence-electron chi connectivity index (χ4n) is 1.55. The molecule has 112 valence electrons. The van der Waals surface area contributed by atoms with Crippen LogP contribution in [0, 0.1) is 0 Å². The number of benzene rings is 1. The second-order valence-electron chi connectivity index (χ2n) is 4.09. The molecule has 0 saturated heterocycles. The van der Waals surface area contributed by atoms with Gasteiger partial charge in [-0.05, 0) is 12.0 Å². The highest BCUT2D eigenvalue weighted by Gasteiger charge is 2.19. The Bertz CT molecular complexity index is 518. The van der Waals surface area contributed by atoms with Crippen molar-refractivity contribution < 1.29 is 23.9 Å². The summed E-state index contributed by atoms with van der Waals surface area (Å²) in [6, 6.07) is 9.50. The van der Waals surface area contributed by atoms with E-state index in [-0.39, 0.29) is 17.9 Å². The first-order chi connectivity index (χ1) is 10.1. The van der Waals surface area contributed by atoms with Gasteiger partial charge in [0.1, 0.15) is 0 Å². The third-order valence-corrected chi connectivity index (χ3v) is 2.67. The maximum Gasteiger partial charge on any atom is 0.346 e. The molecule has 1 aromatic rings. The van der Waals surface area contributed by atoms with E-state index in [2.05, 4.69) is 14.8 Å². The van der Waals surface area contributed by atoms with Gasteiger partial charge in [-0.15, -0.1) is 0 Å². The number of ether oxygens (including phenoxy) is 2. The molecule has 0 heterocycles. The van der Waals surface area contributed by atoms with Crippen LogP contribution in [0.2, 0.25) is 0 Å². The van der Waals surface area contributed by atoms with Crippen LogP contribution in [0.3, 0.4) is 0 Å². The largest absolute Gasteiger partial charge is 0.465 e. The lowest BCUT2D eigenvalue weighted by Gasteiger charge is -2.05. The van der Waals surface area contributed by atoms with Crippen LogP contribution in [0.1, 0.15) is 12.0 Å². The predicted molar refractivity (Wildman–Crippen MR) is 75.0 cm³/mol. The molecule has 0 spiro atoms. The maximum atomic E-state index is 11.7. The summed E-state index contributed by atoms with van der Waals surface area (Å²) >= 11 is 0. The molecule has 1 N–H and O–H groups in total. The number of hydrogen-bond donors (Lipinski definition) is 1. The first kappa shape index (κ1) is 16.4. The Morgan fingerprint density at radius 1 is 1.05 bits per heavy atom. The van der Waals surface area contributed by atoms with Crippen molar-refractivity contribution in [3.63, 3.8) is 0 Å². The van der Waals surface area contributed by atoms with Crippen LogP contribution in [-0.4, -0.2) is 32.1 Å². The molecule has 0 bridgehead atoms. The molecule has 6 nitrogen and oxygen atoms in total. The van der Waals surface area contributed by atoms with Gasteiger partial charge in [0.05, 0.1) is 14.2 Å². The fourth-order valence-corrected chi connectivity index (χ4v) is 1.55. The van der Waals surface area contributed by atoms with Gasteiger partial charge in [-0.3, -0.25) is 4.79 Å². The van der Waals surface area contributed by atoms with E-state index in [0.29, 0.717) is 6.42 Å². The molecule has 21 heavy (non-hydrogen) atoms. The third kappa shape index (κ3) is 5.48. The minimum Gasteiger partial charge on any atom is -0.465 e. The number of aryl methyl sites for hydroxylation is 1. The third-order valence-electron chi connectivity index (χ3n) is 2.67. The van der Waals surface area contributed by atoms with Crippen LogP contribution in [-0.2, 0) is 30.3 Å². The molecule has 0 atom stereocenters. The zero-order valence-corrected chi connectivity index (χ0v) is 11.9. The molecule has 1 amide bonds. The van der Waals surface area contributed by atoms with Crippen LogP contribution in [0.4, 0.5) is 0 Å². The number of amides is 1. The number of esters is 2. The summed E-state index contributed by atoms with van der Waals surface area (Å²) in [7, 11) is 2.27. The van der Waals surface area contributed by atoms with E-state index in [4.69, 9.17) is 0 Å². The summed E-state index contributed by atoms with van der Waals surface area (Å²) in [6.45, 7) is 0. The Balaban J connectivity index is 2.57. The number of carbonyl (C=O) groups is 3. The topological polar surface area (TPSA) is 81.7 Å². The van der Waals surface area contributed by atoms with Crippen molar-refractivity contribution in [1.29, 1.82) is 0 Å². The van der Waals surface area contributed by atoms with Crippen LogP contribution < -0.4 is 5.32 Å². The van der Waals surface area contributed by atoms with Crippen molar-refractivity contribution in [3.05, 3.63) is 47.7 Å². The zero-order chi connectivity index (χ0) is 15.7. The number of nitrogens with one attached hydrogen (secondary N) is 1. The lowest BCUT2D eigenvalue weighted by Crippen LogP contribution is -2.23. The average Bonchev–Trinajstić information content (AvgIpc) is 2.53. The summed E-state index contributed by atoms with van der Waals surface area (Å²) < 4.78 is 8.88. The van der Waals surface area contributed by atoms with Crippen LogP contribution in [0.5, 0.6) is 0 Å². The molecule has 0 aromatic heterocycles. The predicted octanol–water partition coefficient (Wildman–Crippen LogP) is 0.965. The molecule has 0 aliphatic heterocycles. The zero-order valence-electron chi connectivity index (χ0n) is 11.9. The SMILES string of the molecule is COC(=O)C(=CNC(=O)CCc1ccccc1)C(=O)OC. The smallest absolute Gasteiger partial charge is 0.346 e. The highest BCUT2D eigenvalue weighted by atomic mass is 16.5. The van der Waals surface area contributed by atoms with E-state index < -0.39 is 11.9 Å². The highest BCUT2D eigenvalue weighted by molar-refractivity contribution is 6.14. The van der Waals surface area contributed by atoms with Gasteiger partial charge >= 0.3 is 11.9 Å². The van der Waals surface area contributed by atoms with Crippen LogP contribution in [0.25, 0.3) is 0 Å². The monoisotopic (exact) mass is 291 g/mol. The summed E-state index contributed by atoms with van der Waals surface area (Å²) in [5.41, 5.74) is 0.658. The Kier molecular flexibility index (Phi) is 6.67. The van der Waals surface area contributed by atoms with Crippen molar-refractivity contribution in [2.24, 2.45) is 0 Å². The van der Waals surface area contributed by atoms with Crippen LogP contribution >= 0.6 is 0 Å². The van der Waals surface area contributed by atoms with Gasteiger partial charge in [0.15, 0.2) is 5.57 Å². The maximum absolute atomic E-state index is 11.7. The van der Waals surface area contributed by atoms with Gasteiger partial charge in [-0.1, -0.05) is 30.3 Å². The van der Waals surface area contributed by atoms with Crippen molar-refractivity contribution in [3.8, 4) is 0 Å². The van der Waals surface area contributed by atoms with Crippen molar-refractivity contribution >= 4 is 17.8 Å². The first-order valence-corrected chi connectivity index (χ1v) is 6.28. The van der Waals surface area contributed by atoms with Gasteiger partial charge in [-0.25, -0.2) is 9.59 Å². The lowest BCUT2D eigenvalue weighted by atomic mass is 10.1. The van der Waals surface area contributed by atoms with E-state index >= 15 is 0 Å². The molecule has 0 aliphatic rings. The Morgan fingerprint density at radius 3 is 2.14 bits per heavy atom. The molecule has 1 rings (SSSR count). The van der Waals surface area contributed by atoms with Gasteiger partial charge in [0, 0.05) is 12.6 Å². The molecule has 0 radical (unpaired) electrons. The molecular weight excluding hydrogens is 274 g/mol. The lowest BCUT2D eigenvalue weighted by molar-refractivity contribution is -0.144. The number of methoxy groups -OCH3 is 2. The van der Waals surface area contributed by atoms with Crippen molar-refractivity contribution in [1.82, 2.24) is 5.32 Å². The van der Waals surface area contributed by atoms with E-state index in [1.54, 1.807) is 0 Å². The molecule has 1 aromatic carbocycles. The van der Waals surface area contributed by atoms with Gasteiger partial charge in [0.2, 0.25) is 5.91 Å². The minimum atomic E-state index is -0.870. The van der Waals surface area contributed by atoms with E-state index in [1.165, 1.54) is 0 Å². The summed E-state index contributed by atoms with van der Waals surface area (Å²) in [4.78, 5) is 34.4. The standard InChI is InChI=1S/C15H17NO5/c1-20-14(18)12(15(19)21-2)10-16-13(17)9-8-11-6-4-3-5-7-11/h3-7,10H,8-9H2,1-2H3,(H,16,17). The second kappa shape index (κ2) is 8.52. The Hall–Kier alpha value is -2.63. The Morgan fingerprint density at radius 2 is 1.62 bits per heavy atom. The molecular formula is C15H17NO5. The fraction of sp³-hybridized carbons (Fsp3) is 0.267. The number of rotatable bonds is 6. The molecule has 6 heteroatoms. The summed E-state index contributed by atoms with van der Waals surface area (Å²) in [6.07, 6.45) is 1.80. The summed E-state index contributed by atoms with van der Waals surface area (Å²) in [5.74, 6) is -2.06. The number of carbonyl (C=O) groups excluding carboxylic acids is 3. The highest BCUT2D eigenvalue weighted by Crippen LogP contribution is 2.03. The molecule has 0 fully saturated rings. The van der Waals surface area contributed by atoms with E-state index in [0.717, 1.165) is 26.0 Å². The van der Waals surface area contributed by atoms with Crippen molar-refractivity contribution in [2.75, 3.05) is 14.2 Å². The van der Waals surface area contributed by atoms with Gasteiger partial charge in [0.25, 0.3) is 0 Å². The first-order valence-electron chi connectivity index (χ1n) is 6.28. The number of hydrogen-bond acceptors (Lipinski definition) is 5. The minimum absolute atomic E-state index is 0.232. The Labute approximate surface area is 122 Å². The molecule has 0 aliphatic carbocycles. The van der Waals surface area contributed by atoms with E-state index in [1.807, 2.05) is 30.3 Å². The quantitative estimate of drug-likeness (QED) is 0.365. The molecule has 0 unspecified atom stereocenters. The normalized spacial score (nSPS) is 9.43. The average molecular weight is 291 g/mol. The molecule has 0 saturated carbocycles. The van der Waals surface area contributed by atoms with Gasteiger partial charge in [-0.2, -0.15) is 0 Å². The second-order valence-corrected chi connectivity index (χ2v) is 4.09. The van der Waals surface area contributed by atoms with Crippen LogP contribution in [0.15, 0.2) is 42.1 Å². The van der Waals surface area contributed by atoms with Crippen molar-refractivity contribution in [2.45, 2.75) is 12.8 Å².